The van der Waals surface area contributed by atoms with Gasteiger partial charge in [-0.1, -0.05) is 39.0 Å². The smallest absolute Gasteiger partial charge is 0.323 e. The molecule has 5 heteroatoms. The Bertz CT molecular complexity index is 480. The van der Waals surface area contributed by atoms with Gasteiger partial charge in [0.1, 0.15) is 6.54 Å². The van der Waals surface area contributed by atoms with Crippen molar-refractivity contribution in [1.82, 2.24) is 0 Å². The Kier molecular flexibility index (Phi) is 5.90. The first-order valence-electron chi connectivity index (χ1n) is 7.02. The SMILES string of the molecule is CC(C)(C)CC(N)CC(=O)N(CC(=O)O)c1ccccc1. The summed E-state index contributed by atoms with van der Waals surface area (Å²) in [5, 5.41) is 8.99. The van der Waals surface area contributed by atoms with Crippen LogP contribution in [0.2, 0.25) is 0 Å². The molecule has 0 aliphatic heterocycles. The van der Waals surface area contributed by atoms with Gasteiger partial charge in [0.25, 0.3) is 0 Å². The van der Waals surface area contributed by atoms with E-state index in [0.717, 1.165) is 0 Å². The molecule has 1 unspecified atom stereocenters. The number of carbonyl (C=O) groups is 2. The zero-order chi connectivity index (χ0) is 16.0. The van der Waals surface area contributed by atoms with E-state index in [4.69, 9.17) is 10.8 Å². The molecule has 3 N–H and O–H groups in total. The van der Waals surface area contributed by atoms with Crippen molar-refractivity contribution < 1.29 is 14.7 Å². The summed E-state index contributed by atoms with van der Waals surface area (Å²) in [6.07, 6.45) is 0.841. The first kappa shape index (κ1) is 17.2. The summed E-state index contributed by atoms with van der Waals surface area (Å²) in [5.74, 6) is -1.31. The van der Waals surface area contributed by atoms with Crippen molar-refractivity contribution in [2.75, 3.05) is 11.4 Å². The number of carboxylic acid groups (broad SMARTS) is 1. The van der Waals surface area contributed by atoms with Crippen molar-refractivity contribution >= 4 is 17.6 Å². The number of para-hydroxylation sites is 1. The minimum absolute atomic E-state index is 0.0318. The molecule has 0 fully saturated rings. The molecule has 5 nitrogen and oxygen atoms in total. The highest BCUT2D eigenvalue weighted by atomic mass is 16.4. The van der Waals surface area contributed by atoms with Crippen LogP contribution >= 0.6 is 0 Å². The Labute approximate surface area is 125 Å². The molecule has 0 bridgehead atoms. The summed E-state index contributed by atoms with van der Waals surface area (Å²) in [7, 11) is 0. The number of carboxylic acids is 1. The molecule has 0 heterocycles. The Balaban J connectivity index is 2.80. The Morgan fingerprint density at radius 3 is 2.29 bits per heavy atom. The number of carbonyl (C=O) groups excluding carboxylic acids is 1. The zero-order valence-electron chi connectivity index (χ0n) is 12.9. The molecule has 21 heavy (non-hydrogen) atoms. The van der Waals surface area contributed by atoms with Crippen LogP contribution in [-0.4, -0.2) is 29.6 Å². The highest BCUT2D eigenvalue weighted by molar-refractivity contribution is 5.97. The van der Waals surface area contributed by atoms with E-state index in [9.17, 15) is 9.59 Å². The molecule has 1 atom stereocenters. The molecule has 0 spiro atoms. The van der Waals surface area contributed by atoms with E-state index in [1.807, 2.05) is 6.07 Å². The number of nitrogens with zero attached hydrogens (tertiary/aromatic N) is 1. The second-order valence-electron chi connectivity index (χ2n) is 6.44. The van der Waals surface area contributed by atoms with E-state index >= 15 is 0 Å². The number of hydrogen-bond donors (Lipinski definition) is 2. The van der Waals surface area contributed by atoms with Gasteiger partial charge in [-0.05, 0) is 24.0 Å². The van der Waals surface area contributed by atoms with E-state index in [1.165, 1.54) is 4.90 Å². The second-order valence-corrected chi connectivity index (χ2v) is 6.44. The maximum absolute atomic E-state index is 12.4. The molecule has 116 valence electrons. The third kappa shape index (κ3) is 6.40. The van der Waals surface area contributed by atoms with Gasteiger partial charge in [-0.25, -0.2) is 0 Å². The lowest BCUT2D eigenvalue weighted by molar-refractivity contribution is -0.136. The van der Waals surface area contributed by atoms with Gasteiger partial charge in [-0.2, -0.15) is 0 Å². The van der Waals surface area contributed by atoms with Gasteiger partial charge in [-0.3, -0.25) is 9.59 Å². The topological polar surface area (TPSA) is 83.6 Å². The number of amides is 1. The summed E-state index contributed by atoms with van der Waals surface area (Å²) in [6, 6.07) is 8.52. The van der Waals surface area contributed by atoms with Crippen LogP contribution < -0.4 is 10.6 Å². The van der Waals surface area contributed by atoms with Gasteiger partial charge in [0, 0.05) is 18.2 Å². The van der Waals surface area contributed by atoms with Crippen LogP contribution in [0.3, 0.4) is 0 Å². The Morgan fingerprint density at radius 2 is 1.81 bits per heavy atom. The minimum Gasteiger partial charge on any atom is -0.480 e. The quantitative estimate of drug-likeness (QED) is 0.842. The highest BCUT2D eigenvalue weighted by Gasteiger charge is 2.23. The molecule has 1 rings (SSSR count). The largest absolute Gasteiger partial charge is 0.480 e. The molecule has 0 aromatic heterocycles. The Morgan fingerprint density at radius 1 is 1.24 bits per heavy atom. The summed E-state index contributed by atoms with van der Waals surface area (Å²) in [6.45, 7) is 5.82. The fraction of sp³-hybridized carbons (Fsp3) is 0.500. The van der Waals surface area contributed by atoms with E-state index in [2.05, 4.69) is 20.8 Å². The third-order valence-corrected chi connectivity index (χ3v) is 2.97. The molecule has 0 saturated carbocycles. The Hall–Kier alpha value is -1.88. The van der Waals surface area contributed by atoms with Gasteiger partial charge in [0.2, 0.25) is 5.91 Å². The molecule has 1 aromatic carbocycles. The average Bonchev–Trinajstić information content (AvgIpc) is 2.34. The second kappa shape index (κ2) is 7.22. The molecule has 0 aliphatic rings. The van der Waals surface area contributed by atoms with Crippen molar-refractivity contribution in [3.05, 3.63) is 30.3 Å². The van der Waals surface area contributed by atoms with Crippen LogP contribution in [0.25, 0.3) is 0 Å². The molecule has 0 radical (unpaired) electrons. The van der Waals surface area contributed by atoms with Crippen molar-refractivity contribution in [3.63, 3.8) is 0 Å². The lowest BCUT2D eigenvalue weighted by Crippen LogP contribution is -2.40. The predicted molar refractivity (Wildman–Crippen MR) is 83.1 cm³/mol. The molecular formula is C16H24N2O3. The van der Waals surface area contributed by atoms with Gasteiger partial charge >= 0.3 is 5.97 Å². The van der Waals surface area contributed by atoms with Crippen molar-refractivity contribution in [1.29, 1.82) is 0 Å². The molecular weight excluding hydrogens is 268 g/mol. The van der Waals surface area contributed by atoms with Gasteiger partial charge < -0.3 is 15.7 Å². The van der Waals surface area contributed by atoms with E-state index in [0.29, 0.717) is 12.1 Å². The maximum Gasteiger partial charge on any atom is 0.323 e. The monoisotopic (exact) mass is 292 g/mol. The number of hydrogen-bond acceptors (Lipinski definition) is 3. The molecule has 0 saturated heterocycles. The van der Waals surface area contributed by atoms with E-state index in [1.54, 1.807) is 24.3 Å². The number of nitrogens with two attached hydrogens (primary N) is 1. The van der Waals surface area contributed by atoms with E-state index in [-0.39, 0.29) is 30.3 Å². The fourth-order valence-corrected chi connectivity index (χ4v) is 2.26. The number of benzene rings is 1. The minimum atomic E-state index is -1.04. The highest BCUT2D eigenvalue weighted by Crippen LogP contribution is 2.22. The summed E-state index contributed by atoms with van der Waals surface area (Å²) in [5.41, 5.74) is 6.62. The molecule has 1 amide bonds. The third-order valence-electron chi connectivity index (χ3n) is 2.97. The van der Waals surface area contributed by atoms with Crippen LogP contribution in [0.4, 0.5) is 5.69 Å². The first-order valence-corrected chi connectivity index (χ1v) is 7.02. The molecule has 0 aliphatic carbocycles. The van der Waals surface area contributed by atoms with Gasteiger partial charge in [0.05, 0.1) is 0 Å². The first-order chi connectivity index (χ1) is 9.69. The van der Waals surface area contributed by atoms with Crippen molar-refractivity contribution in [3.8, 4) is 0 Å². The van der Waals surface area contributed by atoms with Crippen molar-refractivity contribution in [2.24, 2.45) is 11.1 Å². The summed E-state index contributed by atoms with van der Waals surface area (Å²) in [4.78, 5) is 24.6. The van der Waals surface area contributed by atoms with Gasteiger partial charge in [0.15, 0.2) is 0 Å². The predicted octanol–water partition coefficient (Wildman–Crippen LogP) is 2.26. The average molecular weight is 292 g/mol. The summed E-state index contributed by atoms with van der Waals surface area (Å²) >= 11 is 0. The molecule has 1 aromatic rings. The van der Waals surface area contributed by atoms with Crippen LogP contribution in [0, 0.1) is 5.41 Å². The normalized spacial score (nSPS) is 12.8. The summed E-state index contributed by atoms with van der Waals surface area (Å²) < 4.78 is 0. The maximum atomic E-state index is 12.4. The zero-order valence-corrected chi connectivity index (χ0v) is 12.9. The van der Waals surface area contributed by atoms with Crippen molar-refractivity contribution in [2.45, 2.75) is 39.7 Å². The van der Waals surface area contributed by atoms with E-state index < -0.39 is 5.97 Å². The number of rotatable bonds is 6. The van der Waals surface area contributed by atoms with Crippen LogP contribution in [-0.2, 0) is 9.59 Å². The van der Waals surface area contributed by atoms with Crippen LogP contribution in [0.15, 0.2) is 30.3 Å². The number of aliphatic carboxylic acids is 1. The lowest BCUT2D eigenvalue weighted by Gasteiger charge is -2.26. The number of anilines is 1. The fourth-order valence-electron chi connectivity index (χ4n) is 2.26. The van der Waals surface area contributed by atoms with Crippen LogP contribution in [0.5, 0.6) is 0 Å². The van der Waals surface area contributed by atoms with Crippen LogP contribution in [0.1, 0.15) is 33.6 Å². The van der Waals surface area contributed by atoms with Gasteiger partial charge in [-0.15, -0.1) is 0 Å². The standard InChI is InChI=1S/C16H24N2O3/c1-16(2,3)10-12(17)9-14(19)18(11-15(20)21)13-7-5-4-6-8-13/h4-8,12H,9-11,17H2,1-3H3,(H,20,21). The lowest BCUT2D eigenvalue weighted by atomic mass is 9.87.